The van der Waals surface area contributed by atoms with Crippen LogP contribution in [0.5, 0.6) is 0 Å². The number of likely N-dealkylation sites (N-methyl/N-ethyl adjacent to an activating group) is 1. The van der Waals surface area contributed by atoms with Gasteiger partial charge in [0.15, 0.2) is 9.84 Å². The Morgan fingerprint density at radius 2 is 2.05 bits per heavy atom. The lowest BCUT2D eigenvalue weighted by Crippen LogP contribution is -2.19. The van der Waals surface area contributed by atoms with E-state index >= 15 is 0 Å². The third-order valence-electron chi connectivity index (χ3n) is 3.31. The number of hydrogen-bond donors (Lipinski definition) is 0. The van der Waals surface area contributed by atoms with Crippen LogP contribution in [0.3, 0.4) is 0 Å². The van der Waals surface area contributed by atoms with E-state index in [9.17, 15) is 8.42 Å². The molecule has 7 heteroatoms. The van der Waals surface area contributed by atoms with Crippen LogP contribution in [0, 0.1) is 0 Å². The highest BCUT2D eigenvalue weighted by molar-refractivity contribution is 7.91. The second-order valence-electron chi connectivity index (χ2n) is 5.32. The largest absolute Gasteiger partial charge is 0.327 e. The molecule has 0 aliphatic rings. The predicted molar refractivity (Wildman–Crippen MR) is 85.8 cm³/mol. The molecule has 116 valence electrons. The topological polar surface area (TPSA) is 55.2 Å². The number of benzene rings is 1. The standard InChI is InChI=1S/C14H20ClN3O2S/c1-17(2)9-10-18-11-5-4-6-12(21(3,19)20)14(11)16-13(18)7-8-15/h4-6H,7-10H2,1-3H3. The predicted octanol–water partition coefficient (Wildman–Crippen LogP) is 1.78. The summed E-state index contributed by atoms with van der Waals surface area (Å²) in [5.74, 6) is 1.29. The fourth-order valence-corrected chi connectivity index (χ4v) is 3.29. The van der Waals surface area contributed by atoms with Crippen LogP contribution in [0.25, 0.3) is 11.0 Å². The molecule has 1 aromatic carbocycles. The van der Waals surface area contributed by atoms with Crippen LogP contribution in [0.4, 0.5) is 0 Å². The van der Waals surface area contributed by atoms with Crippen molar-refractivity contribution in [1.29, 1.82) is 0 Å². The average Bonchev–Trinajstić information content (AvgIpc) is 2.72. The first-order valence-corrected chi connectivity index (χ1v) is 9.16. The quantitative estimate of drug-likeness (QED) is 0.758. The van der Waals surface area contributed by atoms with Crippen molar-refractivity contribution in [2.45, 2.75) is 17.9 Å². The molecule has 2 rings (SSSR count). The minimum Gasteiger partial charge on any atom is -0.327 e. The zero-order valence-corrected chi connectivity index (χ0v) is 14.1. The number of imidazole rings is 1. The molecule has 1 aromatic heterocycles. The molecule has 0 spiro atoms. The molecule has 5 nitrogen and oxygen atoms in total. The minimum absolute atomic E-state index is 0.277. The summed E-state index contributed by atoms with van der Waals surface area (Å²) in [6.07, 6.45) is 1.83. The lowest BCUT2D eigenvalue weighted by Gasteiger charge is -2.13. The Hall–Kier alpha value is -1.11. The molecule has 0 bridgehead atoms. The Morgan fingerprint density at radius 1 is 1.33 bits per heavy atom. The van der Waals surface area contributed by atoms with Gasteiger partial charge in [-0.25, -0.2) is 13.4 Å². The van der Waals surface area contributed by atoms with Gasteiger partial charge in [0.25, 0.3) is 0 Å². The van der Waals surface area contributed by atoms with Crippen LogP contribution in [0.15, 0.2) is 23.1 Å². The normalized spacial score (nSPS) is 12.4. The van der Waals surface area contributed by atoms with Crippen molar-refractivity contribution in [3.8, 4) is 0 Å². The van der Waals surface area contributed by atoms with E-state index in [-0.39, 0.29) is 4.90 Å². The fraction of sp³-hybridized carbons (Fsp3) is 0.500. The van der Waals surface area contributed by atoms with E-state index in [2.05, 4.69) is 14.5 Å². The number of halogens is 1. The number of rotatable bonds is 6. The molecule has 0 saturated heterocycles. The summed E-state index contributed by atoms with van der Waals surface area (Å²) in [6.45, 7) is 1.60. The summed E-state index contributed by atoms with van der Waals surface area (Å²) in [7, 11) is 0.706. The second-order valence-corrected chi connectivity index (χ2v) is 7.68. The average molecular weight is 330 g/mol. The van der Waals surface area contributed by atoms with Gasteiger partial charge in [0, 0.05) is 31.6 Å². The third-order valence-corrected chi connectivity index (χ3v) is 4.63. The summed E-state index contributed by atoms with van der Waals surface area (Å²) in [6, 6.07) is 5.27. The highest BCUT2D eigenvalue weighted by atomic mass is 35.5. The Bertz CT molecular complexity index is 738. The summed E-state index contributed by atoms with van der Waals surface area (Å²) in [5, 5.41) is 0. The zero-order valence-electron chi connectivity index (χ0n) is 12.5. The molecular formula is C14H20ClN3O2S. The number of para-hydroxylation sites is 1. The highest BCUT2D eigenvalue weighted by Gasteiger charge is 2.18. The molecular weight excluding hydrogens is 310 g/mol. The molecule has 0 aliphatic heterocycles. The molecule has 0 radical (unpaired) electrons. The van der Waals surface area contributed by atoms with Crippen molar-refractivity contribution in [3.05, 3.63) is 24.0 Å². The van der Waals surface area contributed by atoms with Crippen LogP contribution in [-0.2, 0) is 22.8 Å². The molecule has 0 saturated carbocycles. The first-order chi connectivity index (χ1) is 9.84. The Morgan fingerprint density at radius 3 is 2.62 bits per heavy atom. The molecule has 21 heavy (non-hydrogen) atoms. The number of hydrogen-bond acceptors (Lipinski definition) is 4. The Kier molecular flexibility index (Phi) is 4.91. The summed E-state index contributed by atoms with van der Waals surface area (Å²) >= 11 is 5.85. The van der Waals surface area contributed by atoms with Gasteiger partial charge in [-0.1, -0.05) is 6.07 Å². The maximum absolute atomic E-state index is 11.9. The summed E-state index contributed by atoms with van der Waals surface area (Å²) < 4.78 is 25.9. The van der Waals surface area contributed by atoms with E-state index in [0.29, 0.717) is 17.8 Å². The zero-order chi connectivity index (χ0) is 15.6. The van der Waals surface area contributed by atoms with Gasteiger partial charge < -0.3 is 9.47 Å². The third kappa shape index (κ3) is 3.56. The first-order valence-electron chi connectivity index (χ1n) is 6.73. The Balaban J connectivity index is 2.62. The molecule has 0 atom stereocenters. The van der Waals surface area contributed by atoms with Gasteiger partial charge in [-0.3, -0.25) is 0 Å². The van der Waals surface area contributed by atoms with Gasteiger partial charge in [-0.2, -0.15) is 0 Å². The number of aryl methyl sites for hydroxylation is 1. The number of sulfone groups is 1. The number of fused-ring (bicyclic) bond motifs is 1. The van der Waals surface area contributed by atoms with Gasteiger partial charge in [0.1, 0.15) is 11.3 Å². The molecule has 2 aromatic rings. The van der Waals surface area contributed by atoms with E-state index in [1.165, 1.54) is 6.26 Å². The molecule has 0 amide bonds. The lowest BCUT2D eigenvalue weighted by molar-refractivity contribution is 0.383. The number of alkyl halides is 1. The van der Waals surface area contributed by atoms with Crippen molar-refractivity contribution in [2.24, 2.45) is 0 Å². The molecule has 0 N–H and O–H groups in total. The highest BCUT2D eigenvalue weighted by Crippen LogP contribution is 2.24. The van der Waals surface area contributed by atoms with Crippen LogP contribution in [0.2, 0.25) is 0 Å². The number of nitrogens with zero attached hydrogens (tertiary/aromatic N) is 3. The lowest BCUT2D eigenvalue weighted by atomic mass is 10.3. The van der Waals surface area contributed by atoms with Gasteiger partial charge in [0.05, 0.1) is 10.4 Å². The van der Waals surface area contributed by atoms with Crippen molar-refractivity contribution < 1.29 is 8.42 Å². The van der Waals surface area contributed by atoms with E-state index in [0.717, 1.165) is 24.4 Å². The minimum atomic E-state index is -3.30. The van der Waals surface area contributed by atoms with E-state index in [4.69, 9.17) is 11.6 Å². The summed E-state index contributed by atoms with van der Waals surface area (Å²) in [4.78, 5) is 6.88. The van der Waals surface area contributed by atoms with E-state index < -0.39 is 9.84 Å². The van der Waals surface area contributed by atoms with Gasteiger partial charge in [-0.15, -0.1) is 11.6 Å². The van der Waals surface area contributed by atoms with Crippen molar-refractivity contribution in [3.63, 3.8) is 0 Å². The van der Waals surface area contributed by atoms with Crippen molar-refractivity contribution in [1.82, 2.24) is 14.5 Å². The monoisotopic (exact) mass is 329 g/mol. The summed E-state index contributed by atoms with van der Waals surface area (Å²) in [5.41, 5.74) is 1.39. The number of aromatic nitrogens is 2. The molecule has 0 fully saturated rings. The van der Waals surface area contributed by atoms with Crippen LogP contribution in [0.1, 0.15) is 5.82 Å². The van der Waals surface area contributed by atoms with Crippen LogP contribution < -0.4 is 0 Å². The fourth-order valence-electron chi connectivity index (χ4n) is 2.29. The van der Waals surface area contributed by atoms with E-state index in [1.807, 2.05) is 20.2 Å². The second kappa shape index (κ2) is 6.34. The molecule has 1 heterocycles. The first kappa shape index (κ1) is 16.3. The van der Waals surface area contributed by atoms with Crippen molar-refractivity contribution in [2.75, 3.05) is 32.8 Å². The molecule has 0 aliphatic carbocycles. The van der Waals surface area contributed by atoms with Gasteiger partial charge in [0.2, 0.25) is 0 Å². The van der Waals surface area contributed by atoms with Crippen LogP contribution >= 0.6 is 11.6 Å². The maximum Gasteiger partial charge on any atom is 0.177 e. The SMILES string of the molecule is CN(C)CCn1c(CCCl)nc2c(S(C)(=O)=O)cccc21. The Labute approximate surface area is 130 Å². The smallest absolute Gasteiger partial charge is 0.177 e. The van der Waals surface area contributed by atoms with Gasteiger partial charge >= 0.3 is 0 Å². The maximum atomic E-state index is 11.9. The van der Waals surface area contributed by atoms with E-state index in [1.54, 1.807) is 12.1 Å². The van der Waals surface area contributed by atoms with Gasteiger partial charge in [-0.05, 0) is 26.2 Å². The molecule has 0 unspecified atom stereocenters. The van der Waals surface area contributed by atoms with Crippen molar-refractivity contribution >= 4 is 32.5 Å². The van der Waals surface area contributed by atoms with Crippen LogP contribution in [-0.4, -0.2) is 55.6 Å².